The number of fused-ring (bicyclic) bond motifs is 1. The van der Waals surface area contributed by atoms with Gasteiger partial charge in [-0.2, -0.15) is 5.10 Å². The Morgan fingerprint density at radius 1 is 1.53 bits per heavy atom. The predicted octanol–water partition coefficient (Wildman–Crippen LogP) is 0.336. The van der Waals surface area contributed by atoms with E-state index in [9.17, 15) is 14.9 Å². The Bertz CT molecular complexity index is 561. The number of rotatable bonds is 2. The van der Waals surface area contributed by atoms with Crippen molar-refractivity contribution in [3.05, 3.63) is 34.3 Å². The molecule has 0 aromatic carbocycles. The van der Waals surface area contributed by atoms with Crippen LogP contribution < -0.4 is 0 Å². The Balaban J connectivity index is 2.66. The normalized spacial score (nSPS) is 10.4. The standard InChI is InChI=1S/C7H4N4O4/c12-7(13)4-1-8-6-5(11(14)15)2-9-10(6)3-4/h1-3H,(H,12,13). The largest absolute Gasteiger partial charge is 0.478 e. The summed E-state index contributed by atoms with van der Waals surface area (Å²) in [5.41, 5.74) is -0.322. The number of nitro groups is 1. The first-order chi connectivity index (χ1) is 7.09. The number of hydrogen-bond acceptors (Lipinski definition) is 5. The lowest BCUT2D eigenvalue weighted by Crippen LogP contribution is -2.01. The molecule has 15 heavy (non-hydrogen) atoms. The molecule has 0 fully saturated rings. The minimum atomic E-state index is -1.16. The molecule has 0 radical (unpaired) electrons. The zero-order valence-corrected chi connectivity index (χ0v) is 7.19. The van der Waals surface area contributed by atoms with Gasteiger partial charge in [0.15, 0.2) is 0 Å². The quantitative estimate of drug-likeness (QED) is 0.562. The van der Waals surface area contributed by atoms with Crippen LogP contribution >= 0.6 is 0 Å². The van der Waals surface area contributed by atoms with E-state index < -0.39 is 10.9 Å². The molecule has 2 heterocycles. The van der Waals surface area contributed by atoms with Crippen LogP contribution in [0.25, 0.3) is 5.65 Å². The highest BCUT2D eigenvalue weighted by Crippen LogP contribution is 2.16. The predicted molar refractivity (Wildman–Crippen MR) is 46.6 cm³/mol. The second kappa shape index (κ2) is 3.01. The first-order valence-corrected chi connectivity index (χ1v) is 3.80. The van der Waals surface area contributed by atoms with Gasteiger partial charge in [0.05, 0.1) is 10.5 Å². The van der Waals surface area contributed by atoms with Gasteiger partial charge in [0.2, 0.25) is 5.65 Å². The van der Waals surface area contributed by atoms with Gasteiger partial charge in [-0.25, -0.2) is 14.3 Å². The van der Waals surface area contributed by atoms with E-state index in [1.54, 1.807) is 0 Å². The van der Waals surface area contributed by atoms with Gasteiger partial charge in [-0.3, -0.25) is 10.1 Å². The van der Waals surface area contributed by atoms with E-state index in [4.69, 9.17) is 5.11 Å². The van der Waals surface area contributed by atoms with Crippen molar-refractivity contribution in [2.75, 3.05) is 0 Å². The van der Waals surface area contributed by atoms with Crippen molar-refractivity contribution in [2.45, 2.75) is 0 Å². The average molecular weight is 208 g/mol. The molecule has 8 nitrogen and oxygen atoms in total. The molecule has 2 aromatic rings. The molecule has 0 saturated heterocycles. The Hall–Kier alpha value is -2.51. The molecule has 1 N–H and O–H groups in total. The van der Waals surface area contributed by atoms with Gasteiger partial charge in [0.25, 0.3) is 0 Å². The van der Waals surface area contributed by atoms with Crippen LogP contribution in [0.1, 0.15) is 10.4 Å². The summed E-state index contributed by atoms with van der Waals surface area (Å²) in [7, 11) is 0. The van der Waals surface area contributed by atoms with E-state index in [1.807, 2.05) is 0 Å². The van der Waals surface area contributed by atoms with Gasteiger partial charge in [-0.15, -0.1) is 0 Å². The Morgan fingerprint density at radius 3 is 2.87 bits per heavy atom. The monoisotopic (exact) mass is 208 g/mol. The van der Waals surface area contributed by atoms with Crippen LogP contribution in [0.4, 0.5) is 5.69 Å². The Kier molecular flexibility index (Phi) is 1.82. The fraction of sp³-hybridized carbons (Fsp3) is 0. The van der Waals surface area contributed by atoms with E-state index in [0.29, 0.717) is 0 Å². The fourth-order valence-electron chi connectivity index (χ4n) is 1.10. The third kappa shape index (κ3) is 1.37. The molecule has 2 aromatic heterocycles. The number of nitrogens with zero attached hydrogens (tertiary/aromatic N) is 4. The lowest BCUT2D eigenvalue weighted by atomic mass is 10.3. The molecule has 0 unspecified atom stereocenters. The number of carbonyl (C=O) groups is 1. The van der Waals surface area contributed by atoms with Gasteiger partial charge in [0, 0.05) is 12.4 Å². The van der Waals surface area contributed by atoms with Crippen LogP contribution in [0, 0.1) is 10.1 Å². The molecule has 0 aliphatic rings. The van der Waals surface area contributed by atoms with E-state index in [-0.39, 0.29) is 16.9 Å². The summed E-state index contributed by atoms with van der Waals surface area (Å²) in [6.07, 6.45) is 3.23. The van der Waals surface area contributed by atoms with Gasteiger partial charge < -0.3 is 5.11 Å². The fourth-order valence-corrected chi connectivity index (χ4v) is 1.10. The number of aromatic nitrogens is 3. The van der Waals surface area contributed by atoms with Crippen molar-refractivity contribution < 1.29 is 14.8 Å². The number of carboxylic acid groups (broad SMARTS) is 1. The van der Waals surface area contributed by atoms with Crippen molar-refractivity contribution in [3.63, 3.8) is 0 Å². The summed E-state index contributed by atoms with van der Waals surface area (Å²) in [5.74, 6) is -1.16. The molecule has 2 rings (SSSR count). The van der Waals surface area contributed by atoms with Crippen molar-refractivity contribution in [1.29, 1.82) is 0 Å². The van der Waals surface area contributed by atoms with Crippen LogP contribution in [-0.2, 0) is 0 Å². The highest BCUT2D eigenvalue weighted by molar-refractivity contribution is 5.87. The summed E-state index contributed by atoms with van der Waals surface area (Å²) in [6, 6.07) is 0. The van der Waals surface area contributed by atoms with Crippen LogP contribution in [0.5, 0.6) is 0 Å². The molecule has 76 valence electrons. The Morgan fingerprint density at radius 2 is 2.27 bits per heavy atom. The minimum absolute atomic E-state index is 0.0185. The number of aromatic carboxylic acids is 1. The number of hydrogen-bond donors (Lipinski definition) is 1. The second-order valence-corrected chi connectivity index (χ2v) is 2.70. The first kappa shape index (κ1) is 9.06. The van der Waals surface area contributed by atoms with Crippen LogP contribution in [0.3, 0.4) is 0 Å². The second-order valence-electron chi connectivity index (χ2n) is 2.70. The van der Waals surface area contributed by atoms with Gasteiger partial charge in [-0.1, -0.05) is 0 Å². The SMILES string of the molecule is O=C(O)c1cnc2c([N+](=O)[O-])cnn2c1. The van der Waals surface area contributed by atoms with E-state index in [2.05, 4.69) is 10.1 Å². The van der Waals surface area contributed by atoms with Crippen LogP contribution in [0.2, 0.25) is 0 Å². The maximum Gasteiger partial charge on any atom is 0.338 e. The first-order valence-electron chi connectivity index (χ1n) is 3.80. The smallest absolute Gasteiger partial charge is 0.338 e. The molecule has 0 aliphatic carbocycles. The topological polar surface area (TPSA) is 111 Å². The summed E-state index contributed by atoms with van der Waals surface area (Å²) in [5, 5.41) is 22.8. The zero-order valence-electron chi connectivity index (χ0n) is 7.19. The highest BCUT2D eigenvalue weighted by Gasteiger charge is 2.17. The zero-order chi connectivity index (χ0) is 11.0. The van der Waals surface area contributed by atoms with Crippen LogP contribution in [0.15, 0.2) is 18.6 Å². The summed E-state index contributed by atoms with van der Waals surface area (Å²) in [4.78, 5) is 24.1. The molecule has 8 heteroatoms. The molecule has 0 amide bonds. The van der Waals surface area contributed by atoms with Crippen molar-refractivity contribution in [3.8, 4) is 0 Å². The molecule has 0 bridgehead atoms. The lowest BCUT2D eigenvalue weighted by Gasteiger charge is -1.94. The van der Waals surface area contributed by atoms with E-state index in [0.717, 1.165) is 23.1 Å². The lowest BCUT2D eigenvalue weighted by molar-refractivity contribution is -0.383. The van der Waals surface area contributed by atoms with Gasteiger partial charge >= 0.3 is 11.7 Å². The van der Waals surface area contributed by atoms with Crippen molar-refractivity contribution in [1.82, 2.24) is 14.6 Å². The third-order valence-electron chi connectivity index (χ3n) is 1.78. The van der Waals surface area contributed by atoms with Crippen LogP contribution in [-0.4, -0.2) is 30.6 Å². The third-order valence-corrected chi connectivity index (χ3v) is 1.78. The molecule has 0 saturated carbocycles. The number of carboxylic acids is 1. The average Bonchev–Trinajstić information content (AvgIpc) is 2.59. The molecule has 0 atom stereocenters. The van der Waals surface area contributed by atoms with E-state index in [1.165, 1.54) is 0 Å². The minimum Gasteiger partial charge on any atom is -0.478 e. The molecule has 0 aliphatic heterocycles. The van der Waals surface area contributed by atoms with Gasteiger partial charge in [0.1, 0.15) is 6.20 Å². The molecular weight excluding hydrogens is 204 g/mol. The molecule has 0 spiro atoms. The summed E-state index contributed by atoms with van der Waals surface area (Å²) in [6.45, 7) is 0. The summed E-state index contributed by atoms with van der Waals surface area (Å²) >= 11 is 0. The van der Waals surface area contributed by atoms with Crippen molar-refractivity contribution in [2.24, 2.45) is 0 Å². The highest BCUT2D eigenvalue weighted by atomic mass is 16.6. The summed E-state index contributed by atoms with van der Waals surface area (Å²) < 4.78 is 1.06. The van der Waals surface area contributed by atoms with Gasteiger partial charge in [-0.05, 0) is 0 Å². The Labute approximate surface area is 81.9 Å². The van der Waals surface area contributed by atoms with E-state index >= 15 is 0 Å². The molecular formula is C7H4N4O4. The maximum absolute atomic E-state index is 10.6. The van der Waals surface area contributed by atoms with Crippen molar-refractivity contribution >= 4 is 17.3 Å². The maximum atomic E-state index is 10.6.